The first-order valence-corrected chi connectivity index (χ1v) is 6.99. The monoisotopic (exact) mass is 241 g/mol. The summed E-state index contributed by atoms with van der Waals surface area (Å²) in [5.41, 5.74) is 0.945. The van der Waals surface area contributed by atoms with Crippen molar-refractivity contribution in [2.75, 3.05) is 13.7 Å². The highest BCUT2D eigenvalue weighted by molar-refractivity contribution is 4.92. The molecule has 0 saturated heterocycles. The van der Waals surface area contributed by atoms with Crippen molar-refractivity contribution in [3.8, 4) is 0 Å². The molecule has 2 heteroatoms. The zero-order valence-electron chi connectivity index (χ0n) is 12.6. The van der Waals surface area contributed by atoms with Crippen molar-refractivity contribution in [3.05, 3.63) is 0 Å². The van der Waals surface area contributed by atoms with Crippen molar-refractivity contribution >= 4 is 0 Å². The molecule has 1 aliphatic carbocycles. The van der Waals surface area contributed by atoms with E-state index in [1.165, 1.54) is 19.3 Å². The third-order valence-electron chi connectivity index (χ3n) is 3.83. The molecule has 2 nitrogen and oxygen atoms in total. The molecule has 17 heavy (non-hydrogen) atoms. The van der Waals surface area contributed by atoms with Gasteiger partial charge in [-0.15, -0.1) is 0 Å². The molecule has 1 N–H and O–H groups in total. The van der Waals surface area contributed by atoms with Gasteiger partial charge in [0, 0.05) is 25.8 Å². The summed E-state index contributed by atoms with van der Waals surface area (Å²) in [7, 11) is 1.78. The van der Waals surface area contributed by atoms with Crippen molar-refractivity contribution in [2.45, 2.75) is 72.4 Å². The fourth-order valence-electron chi connectivity index (χ4n) is 3.74. The number of hydrogen-bond acceptors (Lipinski definition) is 2. The summed E-state index contributed by atoms with van der Waals surface area (Å²) < 4.78 is 5.14. The molecule has 1 rings (SSSR count). The third kappa shape index (κ3) is 5.39. The van der Waals surface area contributed by atoms with E-state index >= 15 is 0 Å². The SMILES string of the molecule is COCCC(C)NC1CC(C)(C)CC(C)(C)C1. The van der Waals surface area contributed by atoms with E-state index < -0.39 is 0 Å². The van der Waals surface area contributed by atoms with E-state index in [-0.39, 0.29) is 0 Å². The molecule has 0 aromatic carbocycles. The molecule has 0 spiro atoms. The van der Waals surface area contributed by atoms with Crippen molar-refractivity contribution in [2.24, 2.45) is 10.8 Å². The second kappa shape index (κ2) is 5.71. The van der Waals surface area contributed by atoms with E-state index in [1.54, 1.807) is 7.11 Å². The van der Waals surface area contributed by atoms with Crippen LogP contribution in [0.15, 0.2) is 0 Å². The second-order valence-corrected chi connectivity index (χ2v) is 7.46. The first-order chi connectivity index (χ1) is 7.74. The van der Waals surface area contributed by atoms with Crippen molar-refractivity contribution < 1.29 is 4.74 Å². The van der Waals surface area contributed by atoms with Gasteiger partial charge in [-0.2, -0.15) is 0 Å². The predicted octanol–water partition coefficient (Wildman–Crippen LogP) is 3.61. The Bertz CT molecular complexity index is 219. The Labute approximate surface area is 108 Å². The standard InChI is InChI=1S/C15H31NO/c1-12(7-8-17-6)16-13-9-14(2,3)11-15(4,5)10-13/h12-13,16H,7-11H2,1-6H3. The third-order valence-corrected chi connectivity index (χ3v) is 3.83. The van der Waals surface area contributed by atoms with Crippen LogP contribution in [0.2, 0.25) is 0 Å². The maximum absolute atomic E-state index is 5.14. The van der Waals surface area contributed by atoms with E-state index in [0.29, 0.717) is 22.9 Å². The van der Waals surface area contributed by atoms with Gasteiger partial charge < -0.3 is 10.1 Å². The predicted molar refractivity (Wildman–Crippen MR) is 74.3 cm³/mol. The summed E-state index contributed by atoms with van der Waals surface area (Å²) in [5, 5.41) is 3.78. The fourth-order valence-corrected chi connectivity index (χ4v) is 3.74. The Morgan fingerprint density at radius 2 is 1.71 bits per heavy atom. The number of methoxy groups -OCH3 is 1. The normalized spacial score (nSPS) is 25.8. The van der Waals surface area contributed by atoms with Crippen LogP contribution in [0.1, 0.15) is 60.3 Å². The minimum atomic E-state index is 0.473. The molecule has 0 aromatic rings. The molecule has 1 atom stereocenters. The quantitative estimate of drug-likeness (QED) is 0.794. The van der Waals surface area contributed by atoms with E-state index in [9.17, 15) is 0 Å². The molecule has 0 aromatic heterocycles. The zero-order chi connectivity index (χ0) is 13.1. The Morgan fingerprint density at radius 3 is 2.18 bits per heavy atom. The van der Waals surface area contributed by atoms with Crippen LogP contribution in [0.4, 0.5) is 0 Å². The molecule has 0 amide bonds. The highest BCUT2D eigenvalue weighted by atomic mass is 16.5. The zero-order valence-corrected chi connectivity index (χ0v) is 12.6. The summed E-state index contributed by atoms with van der Waals surface area (Å²) in [5.74, 6) is 0. The maximum atomic E-state index is 5.14. The summed E-state index contributed by atoms with van der Waals surface area (Å²) in [4.78, 5) is 0. The lowest BCUT2D eigenvalue weighted by Crippen LogP contribution is -2.47. The molecule has 0 aliphatic heterocycles. The molecule has 1 aliphatic rings. The van der Waals surface area contributed by atoms with Gasteiger partial charge in [-0.3, -0.25) is 0 Å². The first-order valence-electron chi connectivity index (χ1n) is 6.99. The van der Waals surface area contributed by atoms with Crippen molar-refractivity contribution in [3.63, 3.8) is 0 Å². The lowest BCUT2D eigenvalue weighted by Gasteiger charge is -2.46. The van der Waals surface area contributed by atoms with Crippen molar-refractivity contribution in [1.29, 1.82) is 0 Å². The average Bonchev–Trinajstić information content (AvgIpc) is 2.09. The molecule has 1 saturated carbocycles. The number of nitrogens with one attached hydrogen (secondary N) is 1. The lowest BCUT2D eigenvalue weighted by atomic mass is 9.63. The van der Waals surface area contributed by atoms with E-state index in [4.69, 9.17) is 4.74 Å². The van der Waals surface area contributed by atoms with Crippen LogP contribution in [0.5, 0.6) is 0 Å². The van der Waals surface area contributed by atoms with Gasteiger partial charge in [0.1, 0.15) is 0 Å². The van der Waals surface area contributed by atoms with Gasteiger partial charge in [-0.1, -0.05) is 27.7 Å². The first kappa shape index (κ1) is 15.0. The molecule has 0 radical (unpaired) electrons. The van der Waals surface area contributed by atoms with Gasteiger partial charge in [0.05, 0.1) is 0 Å². The van der Waals surface area contributed by atoms with Gasteiger partial charge in [0.15, 0.2) is 0 Å². The van der Waals surface area contributed by atoms with Crippen LogP contribution in [0.25, 0.3) is 0 Å². The van der Waals surface area contributed by atoms with Crippen LogP contribution in [-0.4, -0.2) is 25.8 Å². The van der Waals surface area contributed by atoms with E-state index in [1.807, 2.05) is 0 Å². The Balaban J connectivity index is 2.47. The molecule has 102 valence electrons. The molecule has 0 bridgehead atoms. The molecule has 0 heterocycles. The van der Waals surface area contributed by atoms with Crippen molar-refractivity contribution in [1.82, 2.24) is 5.32 Å². The number of hydrogen-bond donors (Lipinski definition) is 1. The van der Waals surface area contributed by atoms with E-state index in [2.05, 4.69) is 39.9 Å². The largest absolute Gasteiger partial charge is 0.385 e. The van der Waals surface area contributed by atoms with E-state index in [0.717, 1.165) is 13.0 Å². The molecule has 1 unspecified atom stereocenters. The number of ether oxygens (including phenoxy) is 1. The summed E-state index contributed by atoms with van der Waals surface area (Å²) in [6.45, 7) is 12.7. The highest BCUT2D eigenvalue weighted by Gasteiger charge is 2.38. The smallest absolute Gasteiger partial charge is 0.0476 e. The molecule has 1 fully saturated rings. The summed E-state index contributed by atoms with van der Waals surface area (Å²) in [6.07, 6.45) is 5.04. The van der Waals surface area contributed by atoms with Crippen LogP contribution in [0.3, 0.4) is 0 Å². The Kier molecular flexibility index (Phi) is 5.03. The molecular weight excluding hydrogens is 210 g/mol. The van der Waals surface area contributed by atoms with Gasteiger partial charge in [0.25, 0.3) is 0 Å². The minimum Gasteiger partial charge on any atom is -0.385 e. The van der Waals surface area contributed by atoms with Crippen LogP contribution >= 0.6 is 0 Å². The van der Waals surface area contributed by atoms with Gasteiger partial charge in [-0.05, 0) is 43.4 Å². The average molecular weight is 241 g/mol. The number of rotatable bonds is 5. The Morgan fingerprint density at radius 1 is 1.18 bits per heavy atom. The van der Waals surface area contributed by atoms with Crippen LogP contribution in [-0.2, 0) is 4.74 Å². The van der Waals surface area contributed by atoms with Gasteiger partial charge in [-0.25, -0.2) is 0 Å². The highest BCUT2D eigenvalue weighted by Crippen LogP contribution is 2.45. The van der Waals surface area contributed by atoms with Gasteiger partial charge >= 0.3 is 0 Å². The lowest BCUT2D eigenvalue weighted by molar-refractivity contribution is 0.0784. The summed E-state index contributed by atoms with van der Waals surface area (Å²) >= 11 is 0. The summed E-state index contributed by atoms with van der Waals surface area (Å²) in [6, 6.07) is 1.23. The topological polar surface area (TPSA) is 21.3 Å². The fraction of sp³-hybridized carbons (Fsp3) is 1.00. The molecular formula is C15H31NO. The van der Waals surface area contributed by atoms with Gasteiger partial charge in [0.2, 0.25) is 0 Å². The Hall–Kier alpha value is -0.0800. The minimum absolute atomic E-state index is 0.473. The maximum Gasteiger partial charge on any atom is 0.0476 e. The van der Waals surface area contributed by atoms with Crippen LogP contribution in [0, 0.1) is 10.8 Å². The van der Waals surface area contributed by atoms with Crippen LogP contribution < -0.4 is 5.32 Å². The second-order valence-electron chi connectivity index (χ2n) is 7.46.